The molecular formula is C32H37N3O3. The maximum Gasteiger partial charge on any atom is 0.258 e. The molecule has 0 aromatic heterocycles. The summed E-state index contributed by atoms with van der Waals surface area (Å²) in [5.74, 6) is -0.122. The second-order valence-electron chi connectivity index (χ2n) is 10.7. The van der Waals surface area contributed by atoms with Gasteiger partial charge in [0.15, 0.2) is 0 Å². The molecule has 0 bridgehead atoms. The average molecular weight is 512 g/mol. The second kappa shape index (κ2) is 11.4. The highest BCUT2D eigenvalue weighted by atomic mass is 16.2. The number of anilines is 1. The molecule has 6 heteroatoms. The van der Waals surface area contributed by atoms with Gasteiger partial charge in [0.1, 0.15) is 6.04 Å². The van der Waals surface area contributed by atoms with Crippen molar-refractivity contribution in [2.75, 3.05) is 11.4 Å². The highest BCUT2D eigenvalue weighted by molar-refractivity contribution is 6.25. The predicted octanol–water partition coefficient (Wildman–Crippen LogP) is 5.75. The number of carbonyl (C=O) groups excluding carboxylic acids is 3. The normalized spacial score (nSPS) is 15.7. The van der Waals surface area contributed by atoms with E-state index in [0.717, 1.165) is 58.8 Å². The first kappa shape index (κ1) is 26.0. The Labute approximate surface area is 225 Å². The molecule has 1 aliphatic carbocycles. The monoisotopic (exact) mass is 511 g/mol. The number of hydrogen-bond donors (Lipinski definition) is 1. The van der Waals surface area contributed by atoms with Crippen molar-refractivity contribution in [1.82, 2.24) is 10.2 Å². The molecule has 1 fully saturated rings. The summed E-state index contributed by atoms with van der Waals surface area (Å²) < 4.78 is 0. The lowest BCUT2D eigenvalue weighted by Gasteiger charge is -2.32. The summed E-state index contributed by atoms with van der Waals surface area (Å²) in [6.07, 6.45) is 5.65. The standard InChI is InChI=1S/C32H37N3O3/c1-3-27(31(37)33-25-14-4-5-15-25)35(21-23-11-6-10-22(2)20-23)29(36)18-9-19-34-28-17-8-13-24-12-7-16-26(30(24)28)32(34)38/h6-8,10-13,16-17,20,25,27H,3-5,9,14-15,18-19,21H2,1-2H3,(H,33,37)/t27-/m0/s1. The number of rotatable bonds is 10. The van der Waals surface area contributed by atoms with Gasteiger partial charge >= 0.3 is 0 Å². The maximum atomic E-state index is 13.7. The molecule has 6 nitrogen and oxygen atoms in total. The summed E-state index contributed by atoms with van der Waals surface area (Å²) in [5.41, 5.74) is 3.77. The minimum atomic E-state index is -0.518. The molecule has 3 aromatic rings. The zero-order valence-corrected chi connectivity index (χ0v) is 22.4. The Kier molecular flexibility index (Phi) is 7.77. The number of amides is 3. The zero-order chi connectivity index (χ0) is 26.6. The first-order valence-corrected chi connectivity index (χ1v) is 13.9. The first-order chi connectivity index (χ1) is 18.5. The van der Waals surface area contributed by atoms with E-state index in [0.29, 0.717) is 25.9 Å². The number of aryl methyl sites for hydroxylation is 1. The Morgan fingerprint density at radius 2 is 1.79 bits per heavy atom. The molecule has 38 heavy (non-hydrogen) atoms. The maximum absolute atomic E-state index is 13.7. The molecule has 2 aliphatic rings. The molecule has 0 saturated heterocycles. The molecule has 0 spiro atoms. The van der Waals surface area contributed by atoms with Gasteiger partial charge < -0.3 is 15.1 Å². The van der Waals surface area contributed by atoms with Crippen molar-refractivity contribution >= 4 is 34.2 Å². The van der Waals surface area contributed by atoms with E-state index in [4.69, 9.17) is 0 Å². The number of carbonyl (C=O) groups is 3. The van der Waals surface area contributed by atoms with Gasteiger partial charge in [-0.2, -0.15) is 0 Å². The predicted molar refractivity (Wildman–Crippen MR) is 151 cm³/mol. The van der Waals surface area contributed by atoms with Crippen molar-refractivity contribution < 1.29 is 14.4 Å². The van der Waals surface area contributed by atoms with E-state index in [1.807, 2.05) is 68.4 Å². The van der Waals surface area contributed by atoms with Crippen LogP contribution in [0.5, 0.6) is 0 Å². The van der Waals surface area contributed by atoms with Gasteiger partial charge in [-0.3, -0.25) is 14.4 Å². The van der Waals surface area contributed by atoms with Crippen LogP contribution in [0.25, 0.3) is 10.8 Å². The van der Waals surface area contributed by atoms with E-state index in [2.05, 4.69) is 11.4 Å². The fourth-order valence-corrected chi connectivity index (χ4v) is 6.03. The Balaban J connectivity index is 1.30. The van der Waals surface area contributed by atoms with Crippen molar-refractivity contribution in [1.29, 1.82) is 0 Å². The molecule has 5 rings (SSSR count). The molecule has 1 heterocycles. The Morgan fingerprint density at radius 3 is 2.53 bits per heavy atom. The summed E-state index contributed by atoms with van der Waals surface area (Å²) in [4.78, 5) is 43.7. The average Bonchev–Trinajstić information content (AvgIpc) is 3.52. The largest absolute Gasteiger partial charge is 0.352 e. The van der Waals surface area contributed by atoms with Gasteiger partial charge in [-0.25, -0.2) is 0 Å². The topological polar surface area (TPSA) is 69.7 Å². The molecule has 1 saturated carbocycles. The van der Waals surface area contributed by atoms with E-state index in [-0.39, 0.29) is 30.2 Å². The number of nitrogens with zero attached hydrogens (tertiary/aromatic N) is 2. The second-order valence-corrected chi connectivity index (χ2v) is 10.7. The van der Waals surface area contributed by atoms with Gasteiger partial charge in [-0.05, 0) is 55.7 Å². The van der Waals surface area contributed by atoms with Crippen LogP contribution < -0.4 is 10.2 Å². The van der Waals surface area contributed by atoms with Crippen molar-refractivity contribution in [2.45, 2.75) is 77.4 Å². The number of hydrogen-bond acceptors (Lipinski definition) is 3. The van der Waals surface area contributed by atoms with E-state index >= 15 is 0 Å². The summed E-state index contributed by atoms with van der Waals surface area (Å²) in [7, 11) is 0. The Bertz CT molecular complexity index is 1340. The SMILES string of the molecule is CC[C@@H](C(=O)NC1CCCC1)N(Cc1cccc(C)c1)C(=O)CCCN1C(=O)c2cccc3cccc1c23. The third kappa shape index (κ3) is 5.31. The zero-order valence-electron chi connectivity index (χ0n) is 22.4. The summed E-state index contributed by atoms with van der Waals surface area (Å²) >= 11 is 0. The molecule has 3 amide bonds. The molecule has 0 radical (unpaired) electrons. The van der Waals surface area contributed by atoms with Crippen molar-refractivity contribution in [3.63, 3.8) is 0 Å². The quantitative estimate of drug-likeness (QED) is 0.377. The summed E-state index contributed by atoms with van der Waals surface area (Å²) in [6.45, 7) is 4.85. The van der Waals surface area contributed by atoms with E-state index < -0.39 is 6.04 Å². The molecule has 0 unspecified atom stereocenters. The van der Waals surface area contributed by atoms with Gasteiger partial charge in [0, 0.05) is 36.5 Å². The van der Waals surface area contributed by atoms with Gasteiger partial charge in [-0.1, -0.05) is 73.9 Å². The lowest BCUT2D eigenvalue weighted by molar-refractivity contribution is -0.141. The van der Waals surface area contributed by atoms with Gasteiger partial charge in [0.25, 0.3) is 5.91 Å². The highest BCUT2D eigenvalue weighted by Crippen LogP contribution is 2.37. The van der Waals surface area contributed by atoms with Crippen molar-refractivity contribution in [3.8, 4) is 0 Å². The fourth-order valence-electron chi connectivity index (χ4n) is 6.03. The van der Waals surface area contributed by atoms with Gasteiger partial charge in [0.2, 0.25) is 11.8 Å². The van der Waals surface area contributed by atoms with Crippen molar-refractivity contribution in [3.05, 3.63) is 77.4 Å². The molecule has 3 aromatic carbocycles. The van der Waals surface area contributed by atoms with Crippen LogP contribution in [0.1, 0.15) is 73.4 Å². The fraction of sp³-hybridized carbons (Fsp3) is 0.406. The van der Waals surface area contributed by atoms with Crippen LogP contribution in [0.2, 0.25) is 0 Å². The van der Waals surface area contributed by atoms with E-state index in [1.54, 1.807) is 9.80 Å². The van der Waals surface area contributed by atoms with Crippen molar-refractivity contribution in [2.24, 2.45) is 0 Å². The van der Waals surface area contributed by atoms with Gasteiger partial charge in [-0.15, -0.1) is 0 Å². The Hall–Kier alpha value is -3.67. The minimum Gasteiger partial charge on any atom is -0.352 e. The summed E-state index contributed by atoms with van der Waals surface area (Å²) in [5, 5.41) is 5.24. The van der Waals surface area contributed by atoms with Crippen LogP contribution in [-0.4, -0.2) is 41.2 Å². The minimum absolute atomic E-state index is 0.0109. The van der Waals surface area contributed by atoms with Crippen LogP contribution in [0.3, 0.4) is 0 Å². The molecule has 1 aliphatic heterocycles. The highest BCUT2D eigenvalue weighted by Gasteiger charge is 2.32. The van der Waals surface area contributed by atoms with Crippen LogP contribution >= 0.6 is 0 Å². The van der Waals surface area contributed by atoms with E-state index in [9.17, 15) is 14.4 Å². The lowest BCUT2D eigenvalue weighted by atomic mass is 10.1. The number of nitrogens with one attached hydrogen (secondary N) is 1. The third-order valence-electron chi connectivity index (χ3n) is 7.94. The van der Waals surface area contributed by atoms with Crippen LogP contribution in [0.4, 0.5) is 5.69 Å². The molecule has 1 N–H and O–H groups in total. The summed E-state index contributed by atoms with van der Waals surface area (Å²) in [6, 6.07) is 19.6. The first-order valence-electron chi connectivity index (χ1n) is 13.9. The van der Waals surface area contributed by atoms with Crippen LogP contribution in [-0.2, 0) is 16.1 Å². The molecule has 1 atom stereocenters. The van der Waals surface area contributed by atoms with Gasteiger partial charge in [0.05, 0.1) is 5.69 Å². The molecular weight excluding hydrogens is 474 g/mol. The van der Waals surface area contributed by atoms with E-state index in [1.165, 1.54) is 0 Å². The van der Waals surface area contributed by atoms with Crippen LogP contribution in [0, 0.1) is 6.92 Å². The Morgan fingerprint density at radius 1 is 1.05 bits per heavy atom. The smallest absolute Gasteiger partial charge is 0.258 e. The number of benzene rings is 3. The lowest BCUT2D eigenvalue weighted by Crippen LogP contribution is -2.51. The molecule has 198 valence electrons. The third-order valence-corrected chi connectivity index (χ3v) is 7.94. The van der Waals surface area contributed by atoms with Crippen LogP contribution in [0.15, 0.2) is 60.7 Å².